The van der Waals surface area contributed by atoms with Crippen LogP contribution < -0.4 is 15.4 Å². The molecule has 2 amide bonds. The van der Waals surface area contributed by atoms with Crippen molar-refractivity contribution in [1.29, 1.82) is 0 Å². The molecule has 0 aliphatic carbocycles. The summed E-state index contributed by atoms with van der Waals surface area (Å²) in [6.45, 7) is 4.79. The van der Waals surface area contributed by atoms with Crippen LogP contribution in [0.25, 0.3) is 0 Å². The third-order valence-electron chi connectivity index (χ3n) is 4.59. The lowest BCUT2D eigenvalue weighted by molar-refractivity contribution is -0.133. The molecule has 1 aliphatic rings. The Kier molecular flexibility index (Phi) is 5.41. The average Bonchev–Trinajstić information content (AvgIpc) is 2.67. The lowest BCUT2D eigenvalue weighted by Crippen LogP contribution is -2.50. The normalized spacial score (nSPS) is 14.2. The molecule has 26 heavy (non-hydrogen) atoms. The van der Waals surface area contributed by atoms with Crippen LogP contribution in [-0.2, 0) is 4.79 Å². The van der Waals surface area contributed by atoms with Crippen molar-refractivity contribution >= 4 is 17.5 Å². The van der Waals surface area contributed by atoms with Crippen LogP contribution in [0.4, 0.5) is 5.69 Å². The van der Waals surface area contributed by atoms with E-state index >= 15 is 0 Å². The Labute approximate surface area is 153 Å². The number of nitrogens with zero attached hydrogens (tertiary/aromatic N) is 2. The lowest BCUT2D eigenvalue weighted by Gasteiger charge is -2.36. The molecule has 0 radical (unpaired) electrons. The van der Waals surface area contributed by atoms with E-state index in [9.17, 15) is 9.59 Å². The summed E-state index contributed by atoms with van der Waals surface area (Å²) in [4.78, 5) is 27.5. The highest BCUT2D eigenvalue weighted by Gasteiger charge is 2.21. The molecular formula is C20H23N3O3. The first-order chi connectivity index (χ1) is 12.5. The summed E-state index contributed by atoms with van der Waals surface area (Å²) in [7, 11) is 0. The van der Waals surface area contributed by atoms with E-state index in [0.29, 0.717) is 18.7 Å². The van der Waals surface area contributed by atoms with Crippen LogP contribution in [0.2, 0.25) is 0 Å². The van der Waals surface area contributed by atoms with Crippen molar-refractivity contribution in [2.75, 3.05) is 37.7 Å². The van der Waals surface area contributed by atoms with Crippen LogP contribution in [0.5, 0.6) is 5.75 Å². The van der Waals surface area contributed by atoms with Crippen LogP contribution in [0, 0.1) is 6.92 Å². The predicted octanol–water partition coefficient (Wildman–Crippen LogP) is 1.82. The van der Waals surface area contributed by atoms with E-state index in [1.54, 1.807) is 12.1 Å². The van der Waals surface area contributed by atoms with Gasteiger partial charge in [-0.25, -0.2) is 0 Å². The molecule has 2 aromatic rings. The van der Waals surface area contributed by atoms with Gasteiger partial charge in [-0.2, -0.15) is 0 Å². The molecule has 0 spiro atoms. The average molecular weight is 353 g/mol. The summed E-state index contributed by atoms with van der Waals surface area (Å²) in [5.74, 6) is 0.312. The van der Waals surface area contributed by atoms with Gasteiger partial charge in [0.1, 0.15) is 5.75 Å². The summed E-state index contributed by atoms with van der Waals surface area (Å²) < 4.78 is 5.65. The fourth-order valence-corrected chi connectivity index (χ4v) is 3.00. The van der Waals surface area contributed by atoms with Crippen molar-refractivity contribution in [3.63, 3.8) is 0 Å². The number of amides is 2. The molecule has 2 aromatic carbocycles. The van der Waals surface area contributed by atoms with Crippen molar-refractivity contribution in [2.45, 2.75) is 6.92 Å². The number of hydrogen-bond acceptors (Lipinski definition) is 4. The third-order valence-corrected chi connectivity index (χ3v) is 4.59. The van der Waals surface area contributed by atoms with E-state index in [1.807, 2.05) is 48.2 Å². The molecule has 2 N–H and O–H groups in total. The van der Waals surface area contributed by atoms with Gasteiger partial charge in [0.05, 0.1) is 0 Å². The Balaban J connectivity index is 1.50. The summed E-state index contributed by atoms with van der Waals surface area (Å²) >= 11 is 0. The maximum absolute atomic E-state index is 12.4. The van der Waals surface area contributed by atoms with Crippen molar-refractivity contribution in [3.8, 4) is 5.75 Å². The molecule has 1 fully saturated rings. The number of primary amides is 1. The predicted molar refractivity (Wildman–Crippen MR) is 100 cm³/mol. The molecular weight excluding hydrogens is 330 g/mol. The minimum absolute atomic E-state index is 0.00280. The number of benzene rings is 2. The van der Waals surface area contributed by atoms with Gasteiger partial charge in [-0.05, 0) is 42.8 Å². The van der Waals surface area contributed by atoms with Gasteiger partial charge in [0, 0.05) is 37.4 Å². The van der Waals surface area contributed by atoms with Gasteiger partial charge in [-0.3, -0.25) is 9.59 Å². The van der Waals surface area contributed by atoms with E-state index in [2.05, 4.69) is 4.90 Å². The summed E-state index contributed by atoms with van der Waals surface area (Å²) in [6.07, 6.45) is 0. The van der Waals surface area contributed by atoms with Gasteiger partial charge >= 0.3 is 0 Å². The number of carbonyl (C=O) groups is 2. The maximum atomic E-state index is 12.4. The molecule has 0 bridgehead atoms. The van der Waals surface area contributed by atoms with Crippen LogP contribution in [0.15, 0.2) is 48.5 Å². The van der Waals surface area contributed by atoms with E-state index in [-0.39, 0.29) is 12.5 Å². The van der Waals surface area contributed by atoms with Gasteiger partial charge < -0.3 is 20.3 Å². The summed E-state index contributed by atoms with van der Waals surface area (Å²) in [6, 6.07) is 14.9. The van der Waals surface area contributed by atoms with Gasteiger partial charge in [0.2, 0.25) is 5.91 Å². The largest absolute Gasteiger partial charge is 0.484 e. The number of para-hydroxylation sites is 1. The minimum Gasteiger partial charge on any atom is -0.484 e. The number of ether oxygens (including phenoxy) is 1. The number of anilines is 1. The first-order valence-corrected chi connectivity index (χ1v) is 8.65. The fraction of sp³-hybridized carbons (Fsp3) is 0.300. The maximum Gasteiger partial charge on any atom is 0.260 e. The second kappa shape index (κ2) is 7.91. The Morgan fingerprint density at radius 3 is 2.27 bits per heavy atom. The van der Waals surface area contributed by atoms with E-state index in [1.165, 1.54) is 0 Å². The molecule has 6 nitrogen and oxygen atoms in total. The lowest BCUT2D eigenvalue weighted by atomic mass is 10.1. The highest BCUT2D eigenvalue weighted by molar-refractivity contribution is 5.93. The molecule has 0 unspecified atom stereocenters. The van der Waals surface area contributed by atoms with Gasteiger partial charge in [0.25, 0.3) is 5.91 Å². The highest BCUT2D eigenvalue weighted by Crippen LogP contribution is 2.18. The molecule has 3 rings (SSSR count). The summed E-state index contributed by atoms with van der Waals surface area (Å²) in [5, 5.41) is 0. The highest BCUT2D eigenvalue weighted by atomic mass is 16.5. The molecule has 0 saturated carbocycles. The zero-order valence-corrected chi connectivity index (χ0v) is 14.9. The second-order valence-electron chi connectivity index (χ2n) is 6.33. The molecule has 1 aliphatic heterocycles. The van der Waals surface area contributed by atoms with Crippen LogP contribution in [0.3, 0.4) is 0 Å². The molecule has 0 atom stereocenters. The number of carbonyl (C=O) groups excluding carboxylic acids is 2. The van der Waals surface area contributed by atoms with E-state index < -0.39 is 5.91 Å². The molecule has 0 aromatic heterocycles. The van der Waals surface area contributed by atoms with E-state index in [4.69, 9.17) is 10.5 Å². The van der Waals surface area contributed by atoms with Crippen LogP contribution in [-0.4, -0.2) is 49.5 Å². The smallest absolute Gasteiger partial charge is 0.260 e. The zero-order valence-electron chi connectivity index (χ0n) is 14.9. The zero-order chi connectivity index (χ0) is 18.5. The Morgan fingerprint density at radius 1 is 1.00 bits per heavy atom. The van der Waals surface area contributed by atoms with Crippen molar-refractivity contribution in [3.05, 3.63) is 59.7 Å². The molecule has 1 heterocycles. The fourth-order valence-electron chi connectivity index (χ4n) is 3.00. The third kappa shape index (κ3) is 4.14. The standard InChI is InChI=1S/C20H23N3O3/c1-15-4-2-3-5-18(15)26-14-19(24)23-12-10-22(11-13-23)17-8-6-16(7-9-17)20(21)25/h2-9H,10-14H2,1H3,(H2,21,25). The SMILES string of the molecule is Cc1ccccc1OCC(=O)N1CCN(c2ccc(C(N)=O)cc2)CC1. The Hall–Kier alpha value is -3.02. The molecule has 1 saturated heterocycles. The molecule has 6 heteroatoms. The topological polar surface area (TPSA) is 75.9 Å². The van der Waals surface area contributed by atoms with Gasteiger partial charge in [0.15, 0.2) is 6.61 Å². The Morgan fingerprint density at radius 2 is 1.65 bits per heavy atom. The second-order valence-corrected chi connectivity index (χ2v) is 6.33. The Bertz CT molecular complexity index is 781. The number of aryl methyl sites for hydroxylation is 1. The number of rotatable bonds is 5. The van der Waals surface area contributed by atoms with E-state index in [0.717, 1.165) is 30.1 Å². The first-order valence-electron chi connectivity index (χ1n) is 8.65. The first kappa shape index (κ1) is 17.8. The monoisotopic (exact) mass is 353 g/mol. The quantitative estimate of drug-likeness (QED) is 0.890. The van der Waals surface area contributed by atoms with Crippen LogP contribution >= 0.6 is 0 Å². The van der Waals surface area contributed by atoms with Crippen molar-refractivity contribution < 1.29 is 14.3 Å². The summed E-state index contributed by atoms with van der Waals surface area (Å²) in [5.41, 5.74) is 7.81. The molecule has 136 valence electrons. The number of piperazine rings is 1. The minimum atomic E-state index is -0.430. The van der Waals surface area contributed by atoms with Crippen molar-refractivity contribution in [2.24, 2.45) is 5.73 Å². The number of nitrogens with two attached hydrogens (primary N) is 1. The van der Waals surface area contributed by atoms with Crippen LogP contribution in [0.1, 0.15) is 15.9 Å². The number of hydrogen-bond donors (Lipinski definition) is 1. The van der Waals surface area contributed by atoms with Crippen molar-refractivity contribution in [1.82, 2.24) is 4.90 Å². The van der Waals surface area contributed by atoms with Gasteiger partial charge in [-0.15, -0.1) is 0 Å². The van der Waals surface area contributed by atoms with Gasteiger partial charge in [-0.1, -0.05) is 18.2 Å².